The standard InChI is InChI=1S/C32H32ClF2N5O5/c1-3-45-29-17(13-26(36)41)12-25(38-28(29)22-7-6-21(34)14-23(22)33)32(43,20-4-5-20)16-37-30(42)18-10-19-15-40(31(35)8-9-31)39-27(19)24(11-18)44-2/h6-7,10-12,14-15,20,43H,3-5,8-9,13,16H2,1-2H3,(H2,36,41)(H,37,42)/t32-/m1/s1. The number of primary amides is 1. The number of carbonyl (C=O) groups excluding carboxylic acids is 2. The molecule has 2 aliphatic rings. The van der Waals surface area contributed by atoms with Gasteiger partial charge in [-0.15, -0.1) is 0 Å². The Labute approximate surface area is 262 Å². The number of alkyl halides is 1. The van der Waals surface area contributed by atoms with Crippen LogP contribution in [0.3, 0.4) is 0 Å². The number of carbonyl (C=O) groups is 2. The van der Waals surface area contributed by atoms with Crippen LogP contribution in [0, 0.1) is 11.7 Å². The van der Waals surface area contributed by atoms with Gasteiger partial charge in [-0.3, -0.25) is 9.59 Å². The van der Waals surface area contributed by atoms with Crippen LogP contribution in [-0.4, -0.2) is 51.9 Å². The lowest BCUT2D eigenvalue weighted by Crippen LogP contribution is -2.43. The molecule has 2 amide bonds. The van der Waals surface area contributed by atoms with Gasteiger partial charge in [-0.1, -0.05) is 11.6 Å². The lowest BCUT2D eigenvalue weighted by atomic mass is 9.90. The number of ether oxygens (including phenoxy) is 2. The van der Waals surface area contributed by atoms with E-state index in [-0.39, 0.29) is 53.2 Å². The molecule has 13 heteroatoms. The molecule has 2 fully saturated rings. The third-order valence-electron chi connectivity index (χ3n) is 8.23. The Morgan fingerprint density at radius 3 is 2.62 bits per heavy atom. The van der Waals surface area contributed by atoms with Crippen LogP contribution >= 0.6 is 11.6 Å². The molecule has 2 heterocycles. The van der Waals surface area contributed by atoms with Crippen LogP contribution in [0.25, 0.3) is 22.2 Å². The van der Waals surface area contributed by atoms with Gasteiger partial charge in [-0.2, -0.15) is 5.10 Å². The fourth-order valence-corrected chi connectivity index (χ4v) is 5.80. The van der Waals surface area contributed by atoms with Crippen LogP contribution in [0.15, 0.2) is 42.6 Å². The summed E-state index contributed by atoms with van der Waals surface area (Å²) in [7, 11) is 1.44. The number of halogens is 3. The van der Waals surface area contributed by atoms with Crippen LogP contribution in [0.5, 0.6) is 11.5 Å². The van der Waals surface area contributed by atoms with Crippen molar-refractivity contribution in [3.8, 4) is 22.8 Å². The molecule has 0 spiro atoms. The number of nitrogens with zero attached hydrogens (tertiary/aromatic N) is 3. The predicted octanol–water partition coefficient (Wildman–Crippen LogP) is 4.77. The van der Waals surface area contributed by atoms with E-state index in [0.29, 0.717) is 53.5 Å². The van der Waals surface area contributed by atoms with Crippen molar-refractivity contribution >= 4 is 34.3 Å². The first kappa shape index (κ1) is 30.7. The summed E-state index contributed by atoms with van der Waals surface area (Å²) in [5.74, 6) is -2.93. The first-order chi connectivity index (χ1) is 21.5. The Bertz CT molecular complexity index is 1820. The number of rotatable bonds is 12. The van der Waals surface area contributed by atoms with Gasteiger partial charge in [0.1, 0.15) is 34.1 Å². The van der Waals surface area contributed by atoms with Crippen molar-refractivity contribution in [1.82, 2.24) is 20.1 Å². The number of benzene rings is 2. The summed E-state index contributed by atoms with van der Waals surface area (Å²) < 4.78 is 41.2. The molecule has 2 aromatic carbocycles. The van der Waals surface area contributed by atoms with Crippen LogP contribution in [0.4, 0.5) is 8.78 Å². The Kier molecular flexibility index (Phi) is 7.90. The highest BCUT2D eigenvalue weighted by Crippen LogP contribution is 2.48. The predicted molar refractivity (Wildman–Crippen MR) is 162 cm³/mol. The molecular weight excluding hydrogens is 608 g/mol. The summed E-state index contributed by atoms with van der Waals surface area (Å²) >= 11 is 6.42. The second-order valence-electron chi connectivity index (χ2n) is 11.5. The summed E-state index contributed by atoms with van der Waals surface area (Å²) in [4.78, 5) is 30.3. The van der Waals surface area contributed by atoms with E-state index in [1.807, 2.05) is 0 Å². The molecule has 4 N–H and O–H groups in total. The molecule has 4 aromatic rings. The molecular formula is C32H32ClF2N5O5. The van der Waals surface area contributed by atoms with Gasteiger partial charge in [-0.25, -0.2) is 18.4 Å². The minimum Gasteiger partial charge on any atom is -0.494 e. The maximum atomic E-state index is 14.7. The third kappa shape index (κ3) is 5.91. The normalized spacial score (nSPS) is 16.7. The molecule has 2 aliphatic carbocycles. The zero-order valence-electron chi connectivity index (χ0n) is 24.7. The van der Waals surface area contributed by atoms with Gasteiger partial charge in [0.15, 0.2) is 0 Å². The van der Waals surface area contributed by atoms with Gasteiger partial charge < -0.3 is 25.6 Å². The molecule has 0 unspecified atom stereocenters. The quantitative estimate of drug-likeness (QED) is 0.203. The van der Waals surface area contributed by atoms with Crippen molar-refractivity contribution in [3.63, 3.8) is 0 Å². The highest BCUT2D eigenvalue weighted by Gasteiger charge is 2.48. The number of amides is 2. The van der Waals surface area contributed by atoms with Crippen molar-refractivity contribution in [2.75, 3.05) is 20.3 Å². The average molecular weight is 640 g/mol. The van der Waals surface area contributed by atoms with Crippen LogP contribution in [-0.2, 0) is 22.6 Å². The Morgan fingerprint density at radius 1 is 1.24 bits per heavy atom. The van der Waals surface area contributed by atoms with E-state index in [1.54, 1.807) is 25.3 Å². The third-order valence-corrected chi connectivity index (χ3v) is 8.55. The summed E-state index contributed by atoms with van der Waals surface area (Å²) in [6, 6.07) is 8.45. The largest absolute Gasteiger partial charge is 0.494 e. The molecule has 236 valence electrons. The van der Waals surface area contributed by atoms with Crippen molar-refractivity contribution in [3.05, 3.63) is 70.3 Å². The molecule has 0 saturated heterocycles. The fraction of sp³-hybridized carbons (Fsp3) is 0.375. The summed E-state index contributed by atoms with van der Waals surface area (Å²) in [5.41, 5.74) is 5.65. The van der Waals surface area contributed by atoms with E-state index in [2.05, 4.69) is 10.4 Å². The lowest BCUT2D eigenvalue weighted by molar-refractivity contribution is -0.117. The number of hydrogen-bond acceptors (Lipinski definition) is 7. The summed E-state index contributed by atoms with van der Waals surface area (Å²) in [5, 5.41) is 19.9. The van der Waals surface area contributed by atoms with Gasteiger partial charge in [0.05, 0.1) is 37.4 Å². The molecule has 10 nitrogen and oxygen atoms in total. The van der Waals surface area contributed by atoms with Gasteiger partial charge >= 0.3 is 0 Å². The summed E-state index contributed by atoms with van der Waals surface area (Å²) in [6.45, 7) is 1.75. The average Bonchev–Trinajstić information content (AvgIpc) is 3.94. The van der Waals surface area contributed by atoms with Crippen LogP contribution in [0.1, 0.15) is 54.2 Å². The highest BCUT2D eigenvalue weighted by atomic mass is 35.5. The van der Waals surface area contributed by atoms with E-state index in [9.17, 15) is 23.5 Å². The van der Waals surface area contributed by atoms with E-state index in [1.165, 1.54) is 30.0 Å². The maximum absolute atomic E-state index is 14.7. The molecule has 1 atom stereocenters. The van der Waals surface area contributed by atoms with Crippen molar-refractivity contribution in [2.45, 2.75) is 50.4 Å². The number of hydrogen-bond donors (Lipinski definition) is 3. The van der Waals surface area contributed by atoms with Gasteiger partial charge in [0.25, 0.3) is 5.91 Å². The Morgan fingerprint density at radius 2 is 2.00 bits per heavy atom. The number of nitrogens with two attached hydrogens (primary N) is 1. The first-order valence-corrected chi connectivity index (χ1v) is 15.0. The smallest absolute Gasteiger partial charge is 0.251 e. The van der Waals surface area contributed by atoms with E-state index in [4.69, 9.17) is 31.8 Å². The molecule has 0 radical (unpaired) electrons. The zero-order chi connectivity index (χ0) is 32.1. The highest BCUT2D eigenvalue weighted by molar-refractivity contribution is 6.33. The topological polar surface area (TPSA) is 142 Å². The number of pyridine rings is 1. The van der Waals surface area contributed by atoms with Crippen molar-refractivity contribution in [1.29, 1.82) is 0 Å². The SMILES string of the molecule is CCOc1c(CC(N)=O)cc([C@@](O)(CNC(=O)c2cc(OC)c3nn(C4(F)CC4)cc3c2)C2CC2)nc1-c1ccc(F)cc1Cl. The lowest BCUT2D eigenvalue weighted by Gasteiger charge is -2.30. The van der Waals surface area contributed by atoms with Gasteiger partial charge in [0, 0.05) is 41.1 Å². The Hall–Kier alpha value is -4.29. The fourth-order valence-electron chi connectivity index (χ4n) is 5.55. The number of nitrogens with one attached hydrogen (secondary N) is 1. The van der Waals surface area contributed by atoms with Crippen molar-refractivity contribution in [2.24, 2.45) is 11.7 Å². The first-order valence-electron chi connectivity index (χ1n) is 14.6. The monoisotopic (exact) mass is 639 g/mol. The Balaban J connectivity index is 1.37. The molecule has 2 saturated carbocycles. The van der Waals surface area contributed by atoms with Crippen molar-refractivity contribution < 1.29 is 33.0 Å². The van der Waals surface area contributed by atoms with Gasteiger partial charge in [-0.05, 0) is 62.1 Å². The van der Waals surface area contributed by atoms with Gasteiger partial charge in [0.2, 0.25) is 11.7 Å². The number of fused-ring (bicyclic) bond motifs is 1. The number of aliphatic hydroxyl groups is 1. The number of aromatic nitrogens is 3. The zero-order valence-corrected chi connectivity index (χ0v) is 25.5. The summed E-state index contributed by atoms with van der Waals surface area (Å²) in [6.07, 6.45) is 3.40. The molecule has 6 rings (SSSR count). The second kappa shape index (κ2) is 11.6. The molecule has 0 bridgehead atoms. The van der Waals surface area contributed by atoms with Crippen LogP contribution < -0.4 is 20.5 Å². The second-order valence-corrected chi connectivity index (χ2v) is 11.9. The minimum absolute atomic E-state index is 0.0573. The maximum Gasteiger partial charge on any atom is 0.251 e. The molecule has 2 aromatic heterocycles. The number of methoxy groups -OCH3 is 1. The molecule has 0 aliphatic heterocycles. The van der Waals surface area contributed by atoms with E-state index in [0.717, 1.165) is 6.07 Å². The van der Waals surface area contributed by atoms with E-state index < -0.39 is 29.0 Å². The van der Waals surface area contributed by atoms with Crippen LogP contribution in [0.2, 0.25) is 5.02 Å². The minimum atomic E-state index is -1.65. The molecule has 45 heavy (non-hydrogen) atoms. The van der Waals surface area contributed by atoms with E-state index >= 15 is 0 Å².